The number of carbonyl (C=O) groups is 1. The third kappa shape index (κ3) is 6.19. The Kier molecular flexibility index (Phi) is 7.44. The van der Waals surface area contributed by atoms with Crippen molar-refractivity contribution in [2.75, 3.05) is 37.0 Å². The molecular weight excluding hydrogens is 466 g/mol. The Morgan fingerprint density at radius 2 is 1.86 bits per heavy atom. The molecule has 0 radical (unpaired) electrons. The molecule has 2 fully saturated rings. The highest BCUT2D eigenvalue weighted by atomic mass is 19.4. The van der Waals surface area contributed by atoms with Crippen LogP contribution in [0.2, 0.25) is 0 Å². The van der Waals surface area contributed by atoms with E-state index in [-0.39, 0.29) is 35.5 Å². The molecule has 1 amide bonds. The minimum atomic E-state index is -4.41. The Morgan fingerprint density at radius 1 is 1.17 bits per heavy atom. The molecule has 1 aliphatic heterocycles. The van der Waals surface area contributed by atoms with Crippen LogP contribution in [-0.2, 0) is 22.3 Å². The van der Waals surface area contributed by atoms with Crippen LogP contribution >= 0.6 is 0 Å². The second-order valence-corrected chi connectivity index (χ2v) is 9.23. The van der Waals surface area contributed by atoms with Crippen LogP contribution < -0.4 is 15.5 Å². The number of alkyl halides is 3. The van der Waals surface area contributed by atoms with Gasteiger partial charge in [0.15, 0.2) is 11.6 Å². The highest BCUT2D eigenvalue weighted by Gasteiger charge is 2.36. The van der Waals surface area contributed by atoms with Gasteiger partial charge in [0.25, 0.3) is 0 Å². The molecule has 0 bridgehead atoms. The minimum absolute atomic E-state index is 0.0378. The SMILES string of the molecule is CNC(=O)CC1(CNc2ncnc(N(Cc3ccc(C(F)(F)F)cc3)C3CC3)c2F)CCOCC1. The fourth-order valence-corrected chi connectivity index (χ4v) is 4.36. The first-order valence-electron chi connectivity index (χ1n) is 11.7. The maximum Gasteiger partial charge on any atom is 0.416 e. The lowest BCUT2D eigenvalue weighted by Crippen LogP contribution is -2.40. The van der Waals surface area contributed by atoms with Gasteiger partial charge >= 0.3 is 6.18 Å². The number of rotatable bonds is 9. The zero-order valence-corrected chi connectivity index (χ0v) is 19.5. The second-order valence-electron chi connectivity index (χ2n) is 9.23. The third-order valence-corrected chi connectivity index (χ3v) is 6.66. The van der Waals surface area contributed by atoms with Crippen molar-refractivity contribution in [3.8, 4) is 0 Å². The number of nitrogens with zero attached hydrogens (tertiary/aromatic N) is 3. The summed E-state index contributed by atoms with van der Waals surface area (Å²) in [5.41, 5.74) is -0.478. The lowest BCUT2D eigenvalue weighted by atomic mass is 9.77. The molecule has 0 atom stereocenters. The van der Waals surface area contributed by atoms with E-state index in [0.29, 0.717) is 44.6 Å². The number of amides is 1. The molecule has 190 valence electrons. The minimum Gasteiger partial charge on any atom is -0.381 e. The average Bonchev–Trinajstić information content (AvgIpc) is 3.68. The first-order valence-corrected chi connectivity index (χ1v) is 11.7. The summed E-state index contributed by atoms with van der Waals surface area (Å²) < 4.78 is 59.7. The molecule has 2 aliphatic rings. The van der Waals surface area contributed by atoms with Gasteiger partial charge in [0.2, 0.25) is 11.7 Å². The summed E-state index contributed by atoms with van der Waals surface area (Å²) in [7, 11) is 1.59. The molecule has 1 saturated heterocycles. The van der Waals surface area contributed by atoms with Gasteiger partial charge in [-0.25, -0.2) is 9.97 Å². The normalized spacial score (nSPS) is 17.6. The van der Waals surface area contributed by atoms with Gasteiger partial charge in [-0.1, -0.05) is 12.1 Å². The largest absolute Gasteiger partial charge is 0.416 e. The molecule has 1 aromatic carbocycles. The van der Waals surface area contributed by atoms with Crippen LogP contribution in [0.1, 0.15) is 43.2 Å². The van der Waals surface area contributed by atoms with E-state index >= 15 is 4.39 Å². The summed E-state index contributed by atoms with van der Waals surface area (Å²) in [4.78, 5) is 22.1. The lowest BCUT2D eigenvalue weighted by molar-refractivity contribution is -0.137. The molecule has 1 saturated carbocycles. The molecule has 35 heavy (non-hydrogen) atoms. The third-order valence-electron chi connectivity index (χ3n) is 6.66. The molecule has 4 rings (SSSR count). The topological polar surface area (TPSA) is 79.4 Å². The predicted octanol–water partition coefficient (Wildman–Crippen LogP) is 4.15. The first-order chi connectivity index (χ1) is 16.7. The van der Waals surface area contributed by atoms with E-state index in [9.17, 15) is 18.0 Å². The number of anilines is 2. The van der Waals surface area contributed by atoms with Gasteiger partial charge in [-0.15, -0.1) is 0 Å². The van der Waals surface area contributed by atoms with Gasteiger partial charge in [0, 0.05) is 51.2 Å². The van der Waals surface area contributed by atoms with Crippen molar-refractivity contribution in [3.63, 3.8) is 0 Å². The fourth-order valence-electron chi connectivity index (χ4n) is 4.36. The van der Waals surface area contributed by atoms with E-state index in [1.807, 2.05) is 0 Å². The van der Waals surface area contributed by atoms with Crippen LogP contribution in [0, 0.1) is 11.2 Å². The molecular formula is C24H29F4N5O2. The zero-order chi connectivity index (χ0) is 25.1. The first kappa shape index (κ1) is 25.2. The fraction of sp³-hybridized carbons (Fsp3) is 0.542. The van der Waals surface area contributed by atoms with Crippen LogP contribution in [-0.4, -0.2) is 48.7 Å². The van der Waals surface area contributed by atoms with Gasteiger partial charge < -0.3 is 20.3 Å². The van der Waals surface area contributed by atoms with Crippen molar-refractivity contribution in [2.24, 2.45) is 5.41 Å². The number of halogens is 4. The Balaban J connectivity index is 1.51. The Hall–Kier alpha value is -2.95. The van der Waals surface area contributed by atoms with Gasteiger partial charge in [0.1, 0.15) is 6.33 Å². The van der Waals surface area contributed by atoms with E-state index in [1.165, 1.54) is 18.5 Å². The Labute approximate surface area is 201 Å². The van der Waals surface area contributed by atoms with Crippen LogP contribution in [0.3, 0.4) is 0 Å². The van der Waals surface area contributed by atoms with E-state index in [0.717, 1.165) is 25.0 Å². The van der Waals surface area contributed by atoms with E-state index in [2.05, 4.69) is 20.6 Å². The summed E-state index contributed by atoms with van der Waals surface area (Å²) in [5, 5.41) is 5.73. The van der Waals surface area contributed by atoms with Gasteiger partial charge in [-0.05, 0) is 43.4 Å². The van der Waals surface area contributed by atoms with E-state index < -0.39 is 17.6 Å². The van der Waals surface area contributed by atoms with Crippen LogP contribution in [0.4, 0.5) is 29.2 Å². The standard InChI is InChI=1S/C24H29F4N5O2/c1-29-19(34)12-23(8-10-35-11-9-23)14-30-21-20(25)22(32-15-31-21)33(18-6-7-18)13-16-2-4-17(5-3-16)24(26,27)28/h2-5,15,18H,6-14H2,1H3,(H,29,34)(H,30,31,32). The molecule has 1 aliphatic carbocycles. The van der Waals surface area contributed by atoms with E-state index in [4.69, 9.17) is 4.74 Å². The highest BCUT2D eigenvalue weighted by Crippen LogP contribution is 2.37. The summed E-state index contributed by atoms with van der Waals surface area (Å²) in [6.45, 7) is 1.63. The van der Waals surface area contributed by atoms with Gasteiger partial charge in [-0.2, -0.15) is 17.6 Å². The molecule has 2 aromatic rings. The summed E-state index contributed by atoms with van der Waals surface area (Å²) in [5.74, 6) is -0.560. The van der Waals surface area contributed by atoms with Crippen LogP contribution in [0.25, 0.3) is 0 Å². The average molecular weight is 496 g/mol. The quantitative estimate of drug-likeness (QED) is 0.509. The van der Waals surface area contributed by atoms with Crippen LogP contribution in [0.15, 0.2) is 30.6 Å². The number of ether oxygens (including phenoxy) is 1. The maximum absolute atomic E-state index is 15.6. The van der Waals surface area contributed by atoms with Gasteiger partial charge in [-0.3, -0.25) is 4.79 Å². The second kappa shape index (κ2) is 10.3. The highest BCUT2D eigenvalue weighted by molar-refractivity contribution is 5.76. The number of nitrogens with one attached hydrogen (secondary N) is 2. The smallest absolute Gasteiger partial charge is 0.381 e. The van der Waals surface area contributed by atoms with Crippen molar-refractivity contribution in [1.82, 2.24) is 15.3 Å². The lowest BCUT2D eigenvalue weighted by Gasteiger charge is -2.37. The van der Waals surface area contributed by atoms with Crippen molar-refractivity contribution < 1.29 is 27.1 Å². The number of hydrogen-bond donors (Lipinski definition) is 2. The predicted molar refractivity (Wildman–Crippen MR) is 122 cm³/mol. The molecule has 2 heterocycles. The number of hydrogen-bond acceptors (Lipinski definition) is 6. The summed E-state index contributed by atoms with van der Waals surface area (Å²) in [6, 6.07) is 4.94. The maximum atomic E-state index is 15.6. The molecule has 0 spiro atoms. The van der Waals surface area contributed by atoms with Crippen molar-refractivity contribution in [2.45, 2.75) is 50.9 Å². The molecule has 11 heteroatoms. The monoisotopic (exact) mass is 495 g/mol. The number of benzene rings is 1. The van der Waals surface area contributed by atoms with Gasteiger partial charge in [0.05, 0.1) is 5.56 Å². The van der Waals surface area contributed by atoms with Crippen molar-refractivity contribution >= 4 is 17.5 Å². The number of aromatic nitrogens is 2. The molecule has 0 unspecified atom stereocenters. The molecule has 1 aromatic heterocycles. The van der Waals surface area contributed by atoms with E-state index in [1.54, 1.807) is 11.9 Å². The summed E-state index contributed by atoms with van der Waals surface area (Å²) in [6.07, 6.45) is 0.182. The molecule has 7 nitrogen and oxygen atoms in total. The van der Waals surface area contributed by atoms with Crippen molar-refractivity contribution in [3.05, 3.63) is 47.5 Å². The zero-order valence-electron chi connectivity index (χ0n) is 19.5. The Morgan fingerprint density at radius 3 is 2.46 bits per heavy atom. The van der Waals surface area contributed by atoms with Crippen LogP contribution in [0.5, 0.6) is 0 Å². The molecule has 2 N–H and O–H groups in total. The summed E-state index contributed by atoms with van der Waals surface area (Å²) >= 11 is 0. The van der Waals surface area contributed by atoms with Crippen molar-refractivity contribution in [1.29, 1.82) is 0 Å². The number of carbonyl (C=O) groups excluding carboxylic acids is 1. The Bertz CT molecular complexity index is 1020.